The molecule has 29 heavy (non-hydrogen) atoms. The molecule has 0 saturated carbocycles. The second kappa shape index (κ2) is 8.14. The van der Waals surface area contributed by atoms with Crippen LogP contribution in [0.3, 0.4) is 0 Å². The Morgan fingerprint density at radius 3 is 2.69 bits per heavy atom. The van der Waals surface area contributed by atoms with Gasteiger partial charge in [0.1, 0.15) is 17.7 Å². The van der Waals surface area contributed by atoms with E-state index in [-0.39, 0.29) is 13.0 Å². The number of aryl methyl sites for hydroxylation is 1. The van der Waals surface area contributed by atoms with E-state index in [1.165, 1.54) is 12.0 Å². The topological polar surface area (TPSA) is 90.9 Å². The Morgan fingerprint density at radius 1 is 1.31 bits per heavy atom. The van der Waals surface area contributed by atoms with E-state index in [4.69, 9.17) is 14.2 Å². The second-order valence-corrected chi connectivity index (χ2v) is 8.69. The lowest BCUT2D eigenvalue weighted by atomic mass is 10.1. The third-order valence-corrected chi connectivity index (χ3v) is 5.52. The molecule has 0 N–H and O–H groups in total. The normalized spacial score (nSPS) is 19.3. The highest BCUT2D eigenvalue weighted by molar-refractivity contribution is 9.10. The van der Waals surface area contributed by atoms with Crippen LogP contribution in [0.1, 0.15) is 32.8 Å². The summed E-state index contributed by atoms with van der Waals surface area (Å²) in [7, 11) is 1.29. The van der Waals surface area contributed by atoms with Gasteiger partial charge in [-0.15, -0.1) is 0 Å². The van der Waals surface area contributed by atoms with Crippen LogP contribution in [0.2, 0.25) is 0 Å². The second-order valence-electron chi connectivity index (χ2n) is 7.90. The van der Waals surface area contributed by atoms with Gasteiger partial charge in [-0.1, -0.05) is 0 Å². The molecule has 0 bridgehead atoms. The van der Waals surface area contributed by atoms with E-state index < -0.39 is 29.8 Å². The molecule has 156 valence electrons. The van der Waals surface area contributed by atoms with Crippen molar-refractivity contribution in [2.75, 3.05) is 13.7 Å². The number of likely N-dealkylation sites (tertiary alicyclic amines) is 1. The molecule has 2 aromatic heterocycles. The molecule has 3 heterocycles. The zero-order valence-electron chi connectivity index (χ0n) is 17.1. The van der Waals surface area contributed by atoms with Gasteiger partial charge >= 0.3 is 12.1 Å². The molecule has 9 heteroatoms. The van der Waals surface area contributed by atoms with Crippen molar-refractivity contribution in [3.63, 3.8) is 0 Å². The molecule has 1 amide bonds. The van der Waals surface area contributed by atoms with Crippen LogP contribution in [0.15, 0.2) is 22.9 Å². The standard InChI is InChI=1S/C20H24BrN3O5/c1-11-13-9-22-7-6-14(13)23-17(16(11)21)28-12-8-15(18(25)27-5)24(10-12)19(26)29-20(2,3)4/h6-7,9,12,15H,8,10H2,1-5H3/t12-,15+/m1/s1. The maximum absolute atomic E-state index is 12.6. The number of aromatic nitrogens is 2. The van der Waals surface area contributed by atoms with Crippen molar-refractivity contribution >= 4 is 38.9 Å². The van der Waals surface area contributed by atoms with E-state index in [9.17, 15) is 9.59 Å². The minimum Gasteiger partial charge on any atom is -0.472 e. The molecule has 0 aromatic carbocycles. The van der Waals surface area contributed by atoms with E-state index in [1.807, 2.05) is 6.92 Å². The molecular formula is C20H24BrN3O5. The van der Waals surface area contributed by atoms with E-state index in [1.54, 1.807) is 39.2 Å². The van der Waals surface area contributed by atoms with Gasteiger partial charge in [0.15, 0.2) is 0 Å². The number of rotatable bonds is 3. The molecule has 1 saturated heterocycles. The highest BCUT2D eigenvalue weighted by atomic mass is 79.9. The molecule has 2 atom stereocenters. The van der Waals surface area contributed by atoms with Gasteiger partial charge in [-0.25, -0.2) is 14.6 Å². The van der Waals surface area contributed by atoms with Gasteiger partial charge in [-0.3, -0.25) is 9.88 Å². The van der Waals surface area contributed by atoms with Crippen LogP contribution >= 0.6 is 15.9 Å². The summed E-state index contributed by atoms with van der Waals surface area (Å²) >= 11 is 3.54. The van der Waals surface area contributed by atoms with E-state index >= 15 is 0 Å². The Balaban J connectivity index is 1.85. The van der Waals surface area contributed by atoms with Crippen LogP contribution in [0.5, 0.6) is 5.88 Å². The smallest absolute Gasteiger partial charge is 0.411 e. The van der Waals surface area contributed by atoms with E-state index in [0.29, 0.717) is 10.4 Å². The first kappa shape index (κ1) is 21.3. The van der Waals surface area contributed by atoms with Crippen LogP contribution in [-0.2, 0) is 14.3 Å². The van der Waals surface area contributed by atoms with Gasteiger partial charge in [0, 0.05) is 24.2 Å². The predicted octanol–water partition coefficient (Wildman–Crippen LogP) is 3.63. The summed E-state index contributed by atoms with van der Waals surface area (Å²) in [6, 6.07) is 1.03. The fourth-order valence-electron chi connectivity index (χ4n) is 3.21. The number of methoxy groups -OCH3 is 1. The van der Waals surface area contributed by atoms with Crippen LogP contribution < -0.4 is 4.74 Å². The van der Waals surface area contributed by atoms with Crippen LogP contribution in [0, 0.1) is 6.92 Å². The number of nitrogens with zero attached hydrogens (tertiary/aromatic N) is 3. The number of ether oxygens (including phenoxy) is 3. The third-order valence-electron chi connectivity index (χ3n) is 4.58. The quantitative estimate of drug-likeness (QED) is 0.638. The van der Waals surface area contributed by atoms with Crippen LogP contribution in [-0.4, -0.2) is 58.3 Å². The number of hydrogen-bond donors (Lipinski definition) is 0. The van der Waals surface area contributed by atoms with Crippen molar-refractivity contribution < 1.29 is 23.8 Å². The average Bonchev–Trinajstić information content (AvgIpc) is 3.08. The Morgan fingerprint density at radius 2 is 2.03 bits per heavy atom. The summed E-state index contributed by atoms with van der Waals surface area (Å²) in [6.07, 6.45) is 2.69. The Labute approximate surface area is 177 Å². The maximum Gasteiger partial charge on any atom is 0.411 e. The van der Waals surface area contributed by atoms with Crippen molar-refractivity contribution in [1.82, 2.24) is 14.9 Å². The van der Waals surface area contributed by atoms with Crippen molar-refractivity contribution in [3.8, 4) is 5.88 Å². The van der Waals surface area contributed by atoms with Gasteiger partial charge in [0.2, 0.25) is 5.88 Å². The summed E-state index contributed by atoms with van der Waals surface area (Å²) < 4.78 is 17.1. The van der Waals surface area contributed by atoms with E-state index in [0.717, 1.165) is 16.5 Å². The number of esters is 1. The number of carbonyl (C=O) groups excluding carboxylic acids is 2. The number of fused-ring (bicyclic) bond motifs is 1. The number of hydrogen-bond acceptors (Lipinski definition) is 7. The summed E-state index contributed by atoms with van der Waals surface area (Å²) in [5.74, 6) is -0.101. The largest absolute Gasteiger partial charge is 0.472 e. The van der Waals surface area contributed by atoms with Gasteiger partial charge in [-0.2, -0.15) is 0 Å². The first-order valence-corrected chi connectivity index (χ1v) is 10.0. The molecule has 1 fully saturated rings. The molecule has 0 radical (unpaired) electrons. The van der Waals surface area contributed by atoms with Gasteiger partial charge in [0.05, 0.1) is 23.6 Å². The summed E-state index contributed by atoms with van der Waals surface area (Å²) in [4.78, 5) is 34.9. The molecule has 0 spiro atoms. The Kier molecular flexibility index (Phi) is 5.97. The minimum atomic E-state index is -0.774. The fraction of sp³-hybridized carbons (Fsp3) is 0.500. The summed E-state index contributed by atoms with van der Waals surface area (Å²) in [6.45, 7) is 7.46. The van der Waals surface area contributed by atoms with Gasteiger partial charge in [-0.05, 0) is 55.3 Å². The minimum absolute atomic E-state index is 0.191. The van der Waals surface area contributed by atoms with Crippen LogP contribution in [0.4, 0.5) is 4.79 Å². The molecule has 1 aliphatic rings. The first-order chi connectivity index (χ1) is 13.6. The monoisotopic (exact) mass is 465 g/mol. The highest BCUT2D eigenvalue weighted by Gasteiger charge is 2.43. The molecule has 3 rings (SSSR count). The summed E-state index contributed by atoms with van der Waals surface area (Å²) in [5.41, 5.74) is 1.02. The van der Waals surface area contributed by atoms with Crippen molar-refractivity contribution in [1.29, 1.82) is 0 Å². The Hall–Kier alpha value is -2.42. The van der Waals surface area contributed by atoms with Crippen molar-refractivity contribution in [2.45, 2.75) is 51.9 Å². The highest BCUT2D eigenvalue weighted by Crippen LogP contribution is 2.34. The molecule has 2 aromatic rings. The fourth-order valence-corrected chi connectivity index (χ4v) is 3.61. The Bertz CT molecular complexity index is 944. The number of halogens is 1. The third kappa shape index (κ3) is 4.60. The number of pyridine rings is 2. The maximum atomic E-state index is 12.6. The zero-order chi connectivity index (χ0) is 21.3. The van der Waals surface area contributed by atoms with Crippen molar-refractivity contribution in [3.05, 3.63) is 28.5 Å². The lowest BCUT2D eigenvalue weighted by molar-refractivity contribution is -0.145. The SMILES string of the molecule is COC(=O)[C@@H]1C[C@@H](Oc2nc3ccncc3c(C)c2Br)CN1C(=O)OC(C)(C)C. The van der Waals surface area contributed by atoms with Gasteiger partial charge in [0.25, 0.3) is 0 Å². The van der Waals surface area contributed by atoms with E-state index in [2.05, 4.69) is 25.9 Å². The van der Waals surface area contributed by atoms with Gasteiger partial charge < -0.3 is 14.2 Å². The number of carbonyl (C=O) groups is 2. The lowest BCUT2D eigenvalue weighted by Gasteiger charge is -2.27. The zero-order valence-corrected chi connectivity index (χ0v) is 18.6. The van der Waals surface area contributed by atoms with Crippen molar-refractivity contribution in [2.24, 2.45) is 0 Å². The summed E-state index contributed by atoms with van der Waals surface area (Å²) in [5, 5.41) is 0.918. The molecule has 1 aliphatic heterocycles. The molecule has 8 nitrogen and oxygen atoms in total. The predicted molar refractivity (Wildman–Crippen MR) is 110 cm³/mol. The first-order valence-electron chi connectivity index (χ1n) is 9.24. The lowest BCUT2D eigenvalue weighted by Crippen LogP contribution is -2.44. The molecule has 0 unspecified atom stereocenters. The molecule has 0 aliphatic carbocycles. The number of amides is 1. The molecular weight excluding hydrogens is 442 g/mol. The van der Waals surface area contributed by atoms with Crippen LogP contribution in [0.25, 0.3) is 10.9 Å². The average molecular weight is 466 g/mol.